The summed E-state index contributed by atoms with van der Waals surface area (Å²) in [5, 5.41) is 7.12. The second-order valence-corrected chi connectivity index (χ2v) is 9.00. The number of alkyl halides is 3. The van der Waals surface area contributed by atoms with Crippen molar-refractivity contribution in [2.24, 2.45) is 11.8 Å². The molecule has 5 rings (SSSR count). The molecule has 2 aromatic heterocycles. The summed E-state index contributed by atoms with van der Waals surface area (Å²) >= 11 is 0. The Bertz CT molecular complexity index is 1110. The fourth-order valence-corrected chi connectivity index (χ4v) is 5.41. The highest BCUT2D eigenvalue weighted by Gasteiger charge is 2.61. The molecular formula is C23H25F3N6O4. The van der Waals surface area contributed by atoms with Gasteiger partial charge in [0.15, 0.2) is 0 Å². The van der Waals surface area contributed by atoms with Crippen molar-refractivity contribution < 1.29 is 32.7 Å². The van der Waals surface area contributed by atoms with E-state index in [0.717, 1.165) is 19.4 Å². The minimum absolute atomic E-state index is 0.0220. The van der Waals surface area contributed by atoms with Gasteiger partial charge in [-0.25, -0.2) is 14.8 Å². The third kappa shape index (κ3) is 4.69. The van der Waals surface area contributed by atoms with Crippen LogP contribution in [0, 0.1) is 11.8 Å². The summed E-state index contributed by atoms with van der Waals surface area (Å²) in [6.45, 7) is 2.76. The first-order valence-corrected chi connectivity index (χ1v) is 11.3. The Morgan fingerprint density at radius 3 is 2.19 bits per heavy atom. The molecule has 36 heavy (non-hydrogen) atoms. The number of hydrogen-bond donors (Lipinski definition) is 1. The first-order chi connectivity index (χ1) is 17.0. The molecule has 1 N–H and O–H groups in total. The molecule has 0 aliphatic carbocycles. The normalized spacial score (nSPS) is 22.8. The number of likely N-dealkylation sites (tertiary alicyclic amines) is 2. The third-order valence-corrected chi connectivity index (χ3v) is 7.25. The van der Waals surface area contributed by atoms with E-state index >= 15 is 0 Å². The highest BCUT2D eigenvalue weighted by molar-refractivity contribution is 5.94. The fourth-order valence-electron chi connectivity index (χ4n) is 5.41. The maximum atomic E-state index is 13.0. The quantitative estimate of drug-likeness (QED) is 0.654. The van der Waals surface area contributed by atoms with Gasteiger partial charge >= 0.3 is 12.1 Å². The van der Waals surface area contributed by atoms with Gasteiger partial charge in [-0.2, -0.15) is 13.2 Å². The van der Waals surface area contributed by atoms with Crippen molar-refractivity contribution in [3.05, 3.63) is 48.5 Å². The van der Waals surface area contributed by atoms with Crippen LogP contribution in [0.3, 0.4) is 0 Å². The number of amides is 2. The van der Waals surface area contributed by atoms with E-state index in [4.69, 9.17) is 9.90 Å². The van der Waals surface area contributed by atoms with E-state index in [9.17, 15) is 22.8 Å². The number of halogens is 3. The Morgan fingerprint density at radius 1 is 1.06 bits per heavy atom. The van der Waals surface area contributed by atoms with Crippen molar-refractivity contribution in [1.29, 1.82) is 0 Å². The van der Waals surface area contributed by atoms with Crippen molar-refractivity contribution in [2.75, 3.05) is 38.1 Å². The van der Waals surface area contributed by atoms with E-state index < -0.39 is 12.1 Å². The summed E-state index contributed by atoms with van der Waals surface area (Å²) < 4.78 is 31.7. The highest BCUT2D eigenvalue weighted by Crippen LogP contribution is 2.49. The molecular weight excluding hydrogens is 481 g/mol. The molecule has 0 radical (unpaired) electrons. The van der Waals surface area contributed by atoms with Gasteiger partial charge in [0.2, 0.25) is 11.9 Å². The monoisotopic (exact) mass is 506 g/mol. The molecule has 192 valence electrons. The first-order valence-electron chi connectivity index (χ1n) is 11.3. The number of anilines is 1. The standard InChI is InChI=1S/C21H24N6O2.C2HF3O2/c1-25-19(29)16-13-27(20-23-7-2-8-24-20)14-17(16)21(25)5-11-26(12-6-21)18(28)15-3-9-22-10-4-15;3-2(4,5)1(6)7/h2-4,7-10,16-17H,5-6,11-14H2,1H3;(H,6,7)/t16-,17+;/m0./s1. The van der Waals surface area contributed by atoms with E-state index in [-0.39, 0.29) is 29.2 Å². The number of piperidine rings is 1. The van der Waals surface area contributed by atoms with E-state index in [2.05, 4.69) is 19.9 Å². The molecule has 0 unspecified atom stereocenters. The molecule has 2 aromatic rings. The Labute approximate surface area is 204 Å². The molecule has 5 heterocycles. The second kappa shape index (κ2) is 9.70. The fraction of sp³-hybridized carbons (Fsp3) is 0.478. The number of pyridine rings is 1. The number of hydrogen-bond acceptors (Lipinski definition) is 7. The lowest BCUT2D eigenvalue weighted by molar-refractivity contribution is -0.192. The van der Waals surface area contributed by atoms with Crippen LogP contribution in [0.4, 0.5) is 19.1 Å². The van der Waals surface area contributed by atoms with Crippen LogP contribution in [0.1, 0.15) is 23.2 Å². The van der Waals surface area contributed by atoms with Crippen LogP contribution in [0.5, 0.6) is 0 Å². The van der Waals surface area contributed by atoms with Gasteiger partial charge in [-0.15, -0.1) is 0 Å². The zero-order valence-electron chi connectivity index (χ0n) is 19.4. The van der Waals surface area contributed by atoms with Crippen LogP contribution in [0.2, 0.25) is 0 Å². The predicted octanol–water partition coefficient (Wildman–Crippen LogP) is 1.70. The molecule has 0 bridgehead atoms. The minimum atomic E-state index is -5.08. The van der Waals surface area contributed by atoms with Gasteiger partial charge in [0.25, 0.3) is 5.91 Å². The van der Waals surface area contributed by atoms with Gasteiger partial charge in [-0.1, -0.05) is 0 Å². The molecule has 3 fully saturated rings. The highest BCUT2D eigenvalue weighted by atomic mass is 19.4. The Kier molecular flexibility index (Phi) is 6.83. The number of rotatable bonds is 2. The summed E-state index contributed by atoms with van der Waals surface area (Å²) in [7, 11) is 1.93. The van der Waals surface area contributed by atoms with Crippen molar-refractivity contribution in [3.63, 3.8) is 0 Å². The summed E-state index contributed by atoms with van der Waals surface area (Å²) in [5.74, 6) is -1.60. The number of carbonyl (C=O) groups excluding carboxylic acids is 2. The van der Waals surface area contributed by atoms with Crippen LogP contribution < -0.4 is 4.90 Å². The number of carboxylic acids is 1. The van der Waals surface area contributed by atoms with Crippen molar-refractivity contribution in [1.82, 2.24) is 24.8 Å². The van der Waals surface area contributed by atoms with E-state index in [0.29, 0.717) is 31.1 Å². The number of aromatic nitrogens is 3. The van der Waals surface area contributed by atoms with Crippen LogP contribution in [-0.4, -0.2) is 92.6 Å². The topological polar surface area (TPSA) is 120 Å². The molecule has 1 spiro atoms. The third-order valence-electron chi connectivity index (χ3n) is 7.25. The van der Waals surface area contributed by atoms with Gasteiger partial charge in [0, 0.05) is 69.5 Å². The summed E-state index contributed by atoms with van der Waals surface area (Å²) in [6, 6.07) is 5.31. The van der Waals surface area contributed by atoms with Crippen LogP contribution in [-0.2, 0) is 9.59 Å². The van der Waals surface area contributed by atoms with Crippen LogP contribution >= 0.6 is 0 Å². The van der Waals surface area contributed by atoms with Crippen LogP contribution in [0.15, 0.2) is 43.0 Å². The molecule has 2 atom stereocenters. The van der Waals surface area contributed by atoms with Crippen molar-refractivity contribution in [2.45, 2.75) is 24.6 Å². The van der Waals surface area contributed by atoms with E-state index in [1.54, 1.807) is 43.0 Å². The minimum Gasteiger partial charge on any atom is -0.475 e. The SMILES string of the molecule is CN1C(=O)[C@H]2CN(c3ncccn3)C[C@H]2C12CCN(C(=O)c1ccncc1)CC2.O=C(O)C(F)(F)F. The van der Waals surface area contributed by atoms with Crippen LogP contribution in [0.25, 0.3) is 0 Å². The predicted molar refractivity (Wildman–Crippen MR) is 120 cm³/mol. The number of aliphatic carboxylic acids is 1. The molecule has 3 aliphatic rings. The molecule has 0 saturated carbocycles. The maximum Gasteiger partial charge on any atom is 0.490 e. The van der Waals surface area contributed by atoms with Crippen molar-refractivity contribution >= 4 is 23.7 Å². The number of nitrogens with zero attached hydrogens (tertiary/aromatic N) is 6. The van der Waals surface area contributed by atoms with Gasteiger partial charge in [-0.3, -0.25) is 14.6 Å². The lowest BCUT2D eigenvalue weighted by atomic mass is 9.75. The first kappa shape index (κ1) is 25.3. The zero-order chi connectivity index (χ0) is 26.1. The molecule has 10 nitrogen and oxygen atoms in total. The molecule has 2 amide bonds. The average Bonchev–Trinajstić information content (AvgIpc) is 3.40. The Morgan fingerprint density at radius 2 is 1.64 bits per heavy atom. The largest absolute Gasteiger partial charge is 0.490 e. The second-order valence-electron chi connectivity index (χ2n) is 9.00. The van der Waals surface area contributed by atoms with Gasteiger partial charge < -0.3 is 19.8 Å². The zero-order valence-corrected chi connectivity index (χ0v) is 19.4. The lowest BCUT2D eigenvalue weighted by Gasteiger charge is -2.46. The molecule has 3 saturated heterocycles. The maximum absolute atomic E-state index is 13.0. The molecule has 0 aromatic carbocycles. The van der Waals surface area contributed by atoms with E-state index in [1.807, 2.05) is 16.8 Å². The summed E-state index contributed by atoms with van der Waals surface area (Å²) in [5.41, 5.74) is 0.471. The summed E-state index contributed by atoms with van der Waals surface area (Å²) in [4.78, 5) is 53.5. The Balaban J connectivity index is 0.000000384. The van der Waals surface area contributed by atoms with Gasteiger partial charge in [0.05, 0.1) is 11.5 Å². The smallest absolute Gasteiger partial charge is 0.475 e. The van der Waals surface area contributed by atoms with E-state index in [1.165, 1.54) is 0 Å². The number of carbonyl (C=O) groups is 3. The molecule has 3 aliphatic heterocycles. The Hall–Kier alpha value is -3.77. The summed E-state index contributed by atoms with van der Waals surface area (Å²) in [6.07, 6.45) is 3.29. The molecule has 13 heteroatoms. The lowest BCUT2D eigenvalue weighted by Crippen LogP contribution is -2.56. The number of carboxylic acid groups (broad SMARTS) is 1. The van der Waals surface area contributed by atoms with Gasteiger partial charge in [-0.05, 0) is 31.0 Å². The van der Waals surface area contributed by atoms with Crippen molar-refractivity contribution in [3.8, 4) is 0 Å². The van der Waals surface area contributed by atoms with Gasteiger partial charge in [0.1, 0.15) is 0 Å². The average molecular weight is 506 g/mol. The number of fused-ring (bicyclic) bond motifs is 2.